The summed E-state index contributed by atoms with van der Waals surface area (Å²) in [6, 6.07) is 6.70. The quantitative estimate of drug-likeness (QED) is 0.626. The zero-order chi connectivity index (χ0) is 11.7. The van der Waals surface area contributed by atoms with Crippen LogP contribution in [-0.4, -0.2) is 40.2 Å². The van der Waals surface area contributed by atoms with E-state index in [9.17, 15) is 10.2 Å². The van der Waals surface area contributed by atoms with E-state index in [0.717, 1.165) is 10.0 Å². The lowest BCUT2D eigenvalue weighted by molar-refractivity contribution is 0.0194. The molecule has 0 aromatic heterocycles. The first-order chi connectivity index (χ1) is 7.63. The van der Waals surface area contributed by atoms with Gasteiger partial charge in [-0.05, 0) is 17.7 Å². The average molecular weight is 288 g/mol. The molecule has 4 nitrogen and oxygen atoms in total. The second-order valence-corrected chi connectivity index (χ2v) is 4.88. The Labute approximate surface area is 102 Å². The van der Waals surface area contributed by atoms with Gasteiger partial charge in [-0.3, -0.25) is 0 Å². The van der Waals surface area contributed by atoms with Crippen LogP contribution < -0.4 is 5.32 Å². The maximum Gasteiger partial charge on any atom is 0.101 e. The largest absolute Gasteiger partial charge is 0.395 e. The summed E-state index contributed by atoms with van der Waals surface area (Å²) in [6.07, 6.45) is -1.82. The van der Waals surface area contributed by atoms with Crippen molar-refractivity contribution < 1.29 is 15.3 Å². The van der Waals surface area contributed by atoms with E-state index >= 15 is 0 Å². The molecule has 0 aliphatic carbocycles. The lowest BCUT2D eigenvalue weighted by Gasteiger charge is -2.16. The smallest absolute Gasteiger partial charge is 0.101 e. The lowest BCUT2D eigenvalue weighted by atomic mass is 10.0. The fraction of sp³-hybridized carbons (Fsp3) is 0.455. The highest BCUT2D eigenvalue weighted by Crippen LogP contribution is 2.28. The third-order valence-electron chi connectivity index (χ3n) is 2.92. The number of aliphatic hydroxyl groups is 3. The summed E-state index contributed by atoms with van der Waals surface area (Å²) in [5.74, 6) is 0. The molecule has 1 heterocycles. The number of halogens is 1. The number of hydrogen-bond donors (Lipinski definition) is 4. The van der Waals surface area contributed by atoms with Gasteiger partial charge < -0.3 is 20.6 Å². The van der Waals surface area contributed by atoms with Crippen LogP contribution in [0, 0.1) is 0 Å². The van der Waals surface area contributed by atoms with Gasteiger partial charge in [0.2, 0.25) is 0 Å². The molecule has 1 aromatic carbocycles. The molecule has 5 heteroatoms. The maximum absolute atomic E-state index is 9.85. The van der Waals surface area contributed by atoms with Crippen molar-refractivity contribution in [3.63, 3.8) is 0 Å². The van der Waals surface area contributed by atoms with Crippen LogP contribution in [0.5, 0.6) is 0 Å². The van der Waals surface area contributed by atoms with E-state index in [4.69, 9.17) is 5.11 Å². The van der Waals surface area contributed by atoms with E-state index in [1.54, 1.807) is 0 Å². The molecule has 0 bridgehead atoms. The van der Waals surface area contributed by atoms with Crippen LogP contribution in [0.4, 0.5) is 0 Å². The van der Waals surface area contributed by atoms with Crippen LogP contribution in [0.3, 0.4) is 0 Å². The van der Waals surface area contributed by atoms with Crippen LogP contribution in [0.2, 0.25) is 0 Å². The van der Waals surface area contributed by atoms with Crippen molar-refractivity contribution in [2.24, 2.45) is 0 Å². The molecule has 0 spiro atoms. The van der Waals surface area contributed by atoms with Crippen molar-refractivity contribution in [3.8, 4) is 0 Å². The molecule has 1 aliphatic heterocycles. The maximum atomic E-state index is 9.85. The number of aliphatic hydroxyl groups excluding tert-OH is 3. The van der Waals surface area contributed by atoms with Crippen molar-refractivity contribution in [1.82, 2.24) is 5.32 Å². The predicted molar refractivity (Wildman–Crippen MR) is 62.9 cm³/mol. The van der Waals surface area contributed by atoms with E-state index in [-0.39, 0.29) is 12.6 Å². The first kappa shape index (κ1) is 12.0. The predicted octanol–water partition coefficient (Wildman–Crippen LogP) is 0.176. The van der Waals surface area contributed by atoms with Crippen molar-refractivity contribution in [3.05, 3.63) is 34.3 Å². The molecule has 4 N–H and O–H groups in total. The van der Waals surface area contributed by atoms with Crippen molar-refractivity contribution >= 4 is 15.9 Å². The van der Waals surface area contributed by atoms with E-state index in [1.807, 2.05) is 24.3 Å². The summed E-state index contributed by atoms with van der Waals surface area (Å²) in [4.78, 5) is 0. The zero-order valence-corrected chi connectivity index (χ0v) is 10.1. The summed E-state index contributed by atoms with van der Waals surface area (Å²) in [5, 5.41) is 31.5. The van der Waals surface area contributed by atoms with E-state index in [0.29, 0.717) is 0 Å². The third kappa shape index (κ3) is 2.14. The van der Waals surface area contributed by atoms with Gasteiger partial charge in [0.05, 0.1) is 24.8 Å². The summed E-state index contributed by atoms with van der Waals surface area (Å²) in [6.45, 7) is -0.189. The minimum absolute atomic E-state index is 0.189. The van der Waals surface area contributed by atoms with Crippen LogP contribution in [-0.2, 0) is 0 Å². The van der Waals surface area contributed by atoms with Gasteiger partial charge in [0, 0.05) is 4.47 Å². The zero-order valence-electron chi connectivity index (χ0n) is 8.55. The van der Waals surface area contributed by atoms with Gasteiger partial charge in [-0.25, -0.2) is 0 Å². The lowest BCUT2D eigenvalue weighted by Crippen LogP contribution is -2.35. The number of benzene rings is 1. The van der Waals surface area contributed by atoms with Crippen LogP contribution in [0.25, 0.3) is 0 Å². The number of rotatable bonds is 2. The Hall–Kier alpha value is -0.460. The monoisotopic (exact) mass is 287 g/mol. The van der Waals surface area contributed by atoms with Gasteiger partial charge in [0.1, 0.15) is 6.10 Å². The summed E-state index contributed by atoms with van der Waals surface area (Å²) < 4.78 is 0.961. The minimum atomic E-state index is -0.932. The van der Waals surface area contributed by atoms with Crippen molar-refractivity contribution in [2.45, 2.75) is 24.3 Å². The summed E-state index contributed by atoms with van der Waals surface area (Å²) in [7, 11) is 0. The minimum Gasteiger partial charge on any atom is -0.395 e. The molecule has 1 saturated heterocycles. The molecule has 88 valence electrons. The van der Waals surface area contributed by atoms with Gasteiger partial charge in [-0.1, -0.05) is 28.1 Å². The Morgan fingerprint density at radius 2 is 1.75 bits per heavy atom. The Balaban J connectivity index is 2.19. The van der Waals surface area contributed by atoms with E-state index in [1.165, 1.54) is 0 Å². The van der Waals surface area contributed by atoms with Gasteiger partial charge in [-0.15, -0.1) is 0 Å². The summed E-state index contributed by atoms with van der Waals surface area (Å²) >= 11 is 3.33. The van der Waals surface area contributed by atoms with Crippen LogP contribution in [0.1, 0.15) is 11.6 Å². The van der Waals surface area contributed by atoms with Gasteiger partial charge >= 0.3 is 0 Å². The molecule has 2 rings (SSSR count). The van der Waals surface area contributed by atoms with Gasteiger partial charge in [0.15, 0.2) is 0 Å². The molecule has 0 saturated carbocycles. The Morgan fingerprint density at radius 3 is 2.25 bits per heavy atom. The first-order valence-electron chi connectivity index (χ1n) is 5.12. The highest BCUT2D eigenvalue weighted by atomic mass is 79.9. The molecule has 1 aliphatic rings. The molecule has 4 atom stereocenters. The van der Waals surface area contributed by atoms with E-state index < -0.39 is 18.2 Å². The van der Waals surface area contributed by atoms with Crippen LogP contribution >= 0.6 is 15.9 Å². The number of nitrogens with one attached hydrogen (secondary N) is 1. The van der Waals surface area contributed by atoms with Gasteiger partial charge in [0.25, 0.3) is 0 Å². The Morgan fingerprint density at radius 1 is 1.12 bits per heavy atom. The Bertz CT molecular complexity index is 357. The first-order valence-corrected chi connectivity index (χ1v) is 5.91. The van der Waals surface area contributed by atoms with E-state index in [2.05, 4.69) is 21.2 Å². The second kappa shape index (κ2) is 4.81. The van der Waals surface area contributed by atoms with Gasteiger partial charge in [-0.2, -0.15) is 0 Å². The molecule has 16 heavy (non-hydrogen) atoms. The molecule has 1 fully saturated rings. The second-order valence-electron chi connectivity index (χ2n) is 3.97. The normalized spacial score (nSPS) is 34.2. The topological polar surface area (TPSA) is 72.7 Å². The number of hydrogen-bond acceptors (Lipinski definition) is 4. The van der Waals surface area contributed by atoms with Crippen molar-refractivity contribution in [1.29, 1.82) is 0 Å². The van der Waals surface area contributed by atoms with Crippen LogP contribution in [0.15, 0.2) is 28.7 Å². The fourth-order valence-electron chi connectivity index (χ4n) is 1.99. The summed E-state index contributed by atoms with van der Waals surface area (Å²) in [5.41, 5.74) is 0.894. The molecule has 0 unspecified atom stereocenters. The average Bonchev–Trinajstić information content (AvgIpc) is 2.57. The fourth-order valence-corrected chi connectivity index (χ4v) is 2.25. The molecular weight excluding hydrogens is 274 g/mol. The highest BCUT2D eigenvalue weighted by molar-refractivity contribution is 9.10. The highest BCUT2D eigenvalue weighted by Gasteiger charge is 2.41. The standard InChI is InChI=1S/C11H14BrNO3/c12-7-3-1-6(2-4-7)9-11(16)10(15)8(5-14)13-9/h1-4,8-11,13-16H,5H2/t8-,9+,10-,11+/m1/s1. The molecule has 1 aromatic rings. The molecule has 0 amide bonds. The third-order valence-corrected chi connectivity index (χ3v) is 3.45. The van der Waals surface area contributed by atoms with Crippen molar-refractivity contribution in [2.75, 3.05) is 6.61 Å². The Kier molecular flexibility index (Phi) is 3.61. The SMILES string of the molecule is OC[C@H]1N[C@@H](c2ccc(Br)cc2)[C@H](O)[C@@H]1O. The molecular formula is C11H14BrNO3. The molecule has 0 radical (unpaired) electrons.